The largest absolute Gasteiger partial charge is 0.494 e. The highest BCUT2D eigenvalue weighted by Gasteiger charge is 2.14. The van der Waals surface area contributed by atoms with Crippen LogP contribution < -0.4 is 19.6 Å². The number of nitrogens with one attached hydrogen (secondary N) is 1. The summed E-state index contributed by atoms with van der Waals surface area (Å²) in [6.07, 6.45) is 1.47. The molecular weight excluding hydrogens is 492 g/mol. The van der Waals surface area contributed by atoms with Gasteiger partial charge in [-0.15, -0.1) is 0 Å². The van der Waals surface area contributed by atoms with E-state index < -0.39 is 11.9 Å². The van der Waals surface area contributed by atoms with Crippen molar-refractivity contribution in [1.29, 1.82) is 0 Å². The predicted molar refractivity (Wildman–Crippen MR) is 152 cm³/mol. The Morgan fingerprint density at radius 2 is 1.44 bits per heavy atom. The molecule has 5 aromatic carbocycles. The van der Waals surface area contributed by atoms with Gasteiger partial charge in [0.1, 0.15) is 17.2 Å². The minimum atomic E-state index is -0.518. The molecular formula is C32H26N2O5. The first-order valence-corrected chi connectivity index (χ1v) is 12.5. The third-order valence-electron chi connectivity index (χ3n) is 6.03. The van der Waals surface area contributed by atoms with E-state index in [9.17, 15) is 9.59 Å². The van der Waals surface area contributed by atoms with Crippen molar-refractivity contribution in [3.63, 3.8) is 0 Å². The van der Waals surface area contributed by atoms with Crippen molar-refractivity contribution in [3.05, 3.63) is 114 Å². The topological polar surface area (TPSA) is 86.2 Å². The number of hydrogen-bond acceptors (Lipinski definition) is 6. The third kappa shape index (κ3) is 6.05. The lowest BCUT2D eigenvalue weighted by Crippen LogP contribution is -2.24. The van der Waals surface area contributed by atoms with Gasteiger partial charge in [0.25, 0.3) is 5.91 Å². The van der Waals surface area contributed by atoms with Crippen molar-refractivity contribution in [2.75, 3.05) is 13.2 Å². The van der Waals surface area contributed by atoms with Crippen molar-refractivity contribution < 1.29 is 23.8 Å². The Morgan fingerprint density at radius 3 is 2.21 bits per heavy atom. The van der Waals surface area contributed by atoms with E-state index in [2.05, 4.69) is 10.5 Å². The van der Waals surface area contributed by atoms with E-state index in [4.69, 9.17) is 14.2 Å². The number of benzene rings is 5. The molecule has 0 aliphatic carbocycles. The standard InChI is InChI=1S/C32H26N2O5/c1-2-37-25-17-14-24(15-18-25)32(36)39-30-19-16-23-9-3-5-11-26(23)28(30)20-33-34-31(35)21-38-29-13-7-10-22-8-4-6-12-27(22)29/h3-20H,2,21H2,1H3,(H,34,35)/b33-20+. The van der Waals surface area contributed by atoms with E-state index >= 15 is 0 Å². The van der Waals surface area contributed by atoms with E-state index in [0.717, 1.165) is 21.5 Å². The summed E-state index contributed by atoms with van der Waals surface area (Å²) in [5.74, 6) is 0.665. The zero-order valence-corrected chi connectivity index (χ0v) is 21.3. The number of esters is 1. The van der Waals surface area contributed by atoms with E-state index in [-0.39, 0.29) is 6.61 Å². The summed E-state index contributed by atoms with van der Waals surface area (Å²) in [6, 6.07) is 31.4. The molecule has 0 saturated heterocycles. The van der Waals surface area contributed by atoms with Gasteiger partial charge in [-0.1, -0.05) is 66.7 Å². The van der Waals surface area contributed by atoms with Crippen molar-refractivity contribution in [2.45, 2.75) is 6.92 Å². The second-order valence-electron chi connectivity index (χ2n) is 8.60. The highest BCUT2D eigenvalue weighted by molar-refractivity contribution is 6.04. The Morgan fingerprint density at radius 1 is 0.744 bits per heavy atom. The highest BCUT2D eigenvalue weighted by Crippen LogP contribution is 2.28. The first-order chi connectivity index (χ1) is 19.1. The van der Waals surface area contributed by atoms with Crippen LogP contribution in [-0.4, -0.2) is 31.3 Å². The first kappa shape index (κ1) is 25.5. The molecule has 0 bridgehead atoms. The summed E-state index contributed by atoms with van der Waals surface area (Å²) < 4.78 is 16.9. The monoisotopic (exact) mass is 518 g/mol. The van der Waals surface area contributed by atoms with E-state index in [1.54, 1.807) is 30.3 Å². The van der Waals surface area contributed by atoms with Crippen molar-refractivity contribution >= 4 is 39.6 Å². The zero-order chi connectivity index (χ0) is 27.0. The maximum absolute atomic E-state index is 12.9. The molecule has 0 radical (unpaired) electrons. The molecule has 1 N–H and O–H groups in total. The van der Waals surface area contributed by atoms with Gasteiger partial charge in [-0.3, -0.25) is 4.79 Å². The van der Waals surface area contributed by atoms with E-state index in [1.165, 1.54) is 6.21 Å². The fourth-order valence-corrected chi connectivity index (χ4v) is 4.18. The van der Waals surface area contributed by atoms with Crippen molar-refractivity contribution in [1.82, 2.24) is 5.43 Å². The van der Waals surface area contributed by atoms with Crippen LogP contribution in [0.4, 0.5) is 0 Å². The average Bonchev–Trinajstić information content (AvgIpc) is 2.97. The number of fused-ring (bicyclic) bond motifs is 2. The average molecular weight is 519 g/mol. The number of carbonyl (C=O) groups is 2. The zero-order valence-electron chi connectivity index (χ0n) is 21.3. The lowest BCUT2D eigenvalue weighted by Gasteiger charge is -2.11. The van der Waals surface area contributed by atoms with Gasteiger partial charge in [0.2, 0.25) is 0 Å². The van der Waals surface area contributed by atoms with Crippen molar-refractivity contribution in [3.8, 4) is 17.2 Å². The van der Waals surface area contributed by atoms with Crippen molar-refractivity contribution in [2.24, 2.45) is 5.10 Å². The van der Waals surface area contributed by atoms with Gasteiger partial charge in [0, 0.05) is 10.9 Å². The molecule has 7 heteroatoms. The van der Waals surface area contributed by atoms with Gasteiger partial charge >= 0.3 is 5.97 Å². The van der Waals surface area contributed by atoms with Crippen LogP contribution in [0.25, 0.3) is 21.5 Å². The molecule has 0 spiro atoms. The van der Waals surface area contributed by atoms with Crippen LogP contribution in [0.3, 0.4) is 0 Å². The maximum atomic E-state index is 12.9. The van der Waals surface area contributed by atoms with E-state index in [1.807, 2.05) is 79.7 Å². The molecule has 39 heavy (non-hydrogen) atoms. The van der Waals surface area contributed by atoms with Crippen LogP contribution >= 0.6 is 0 Å². The summed E-state index contributed by atoms with van der Waals surface area (Å²) >= 11 is 0. The lowest BCUT2D eigenvalue weighted by molar-refractivity contribution is -0.123. The predicted octanol–water partition coefficient (Wildman–Crippen LogP) is 6.14. The van der Waals surface area contributed by atoms with Gasteiger partial charge in [-0.25, -0.2) is 10.2 Å². The summed E-state index contributed by atoms with van der Waals surface area (Å²) in [4.78, 5) is 25.4. The molecule has 0 aliphatic heterocycles. The fourth-order valence-electron chi connectivity index (χ4n) is 4.18. The maximum Gasteiger partial charge on any atom is 0.343 e. The van der Waals surface area contributed by atoms with Crippen LogP contribution in [-0.2, 0) is 4.79 Å². The second-order valence-corrected chi connectivity index (χ2v) is 8.60. The Labute approximate surface area is 225 Å². The molecule has 0 aromatic heterocycles. The molecule has 0 unspecified atom stereocenters. The number of rotatable bonds is 9. The number of nitrogens with zero attached hydrogens (tertiary/aromatic N) is 1. The fraction of sp³-hybridized carbons (Fsp3) is 0.0938. The molecule has 7 nitrogen and oxygen atoms in total. The summed E-state index contributed by atoms with van der Waals surface area (Å²) in [5, 5.41) is 7.83. The number of ether oxygens (including phenoxy) is 3. The van der Waals surface area contributed by atoms with Gasteiger partial charge in [-0.2, -0.15) is 5.10 Å². The van der Waals surface area contributed by atoms with E-state index in [0.29, 0.717) is 35.0 Å². The van der Waals surface area contributed by atoms with Crippen LogP contribution in [0.15, 0.2) is 108 Å². The Hall–Kier alpha value is -5.17. The van der Waals surface area contributed by atoms with Crippen LogP contribution in [0, 0.1) is 0 Å². The molecule has 5 aromatic rings. The Balaban J connectivity index is 1.30. The normalized spacial score (nSPS) is 11.0. The quantitative estimate of drug-likeness (QED) is 0.110. The lowest BCUT2D eigenvalue weighted by atomic mass is 10.0. The Bertz CT molecular complexity index is 1660. The Kier molecular flexibility index (Phi) is 7.79. The van der Waals surface area contributed by atoms with Gasteiger partial charge < -0.3 is 14.2 Å². The molecule has 0 atom stereocenters. The van der Waals surface area contributed by atoms with Crippen LogP contribution in [0.5, 0.6) is 17.2 Å². The summed E-state index contributed by atoms with van der Waals surface area (Å²) in [6.45, 7) is 2.22. The molecule has 5 rings (SSSR count). The molecule has 194 valence electrons. The number of hydrazone groups is 1. The number of hydrogen-bond donors (Lipinski definition) is 1. The first-order valence-electron chi connectivity index (χ1n) is 12.5. The van der Waals surface area contributed by atoms with Crippen LogP contribution in [0.1, 0.15) is 22.8 Å². The number of carbonyl (C=O) groups excluding carboxylic acids is 2. The SMILES string of the molecule is CCOc1ccc(C(=O)Oc2ccc3ccccc3c2/C=N/NC(=O)COc2cccc3ccccc23)cc1. The number of amides is 1. The summed E-state index contributed by atoms with van der Waals surface area (Å²) in [7, 11) is 0. The second kappa shape index (κ2) is 11.9. The summed E-state index contributed by atoms with van der Waals surface area (Å²) in [5.41, 5.74) is 3.44. The minimum absolute atomic E-state index is 0.208. The minimum Gasteiger partial charge on any atom is -0.494 e. The molecule has 0 fully saturated rings. The van der Waals surface area contributed by atoms with Gasteiger partial charge in [-0.05, 0) is 59.5 Å². The third-order valence-corrected chi connectivity index (χ3v) is 6.03. The molecule has 0 saturated carbocycles. The highest BCUT2D eigenvalue weighted by atomic mass is 16.5. The molecule has 0 heterocycles. The molecule has 1 amide bonds. The smallest absolute Gasteiger partial charge is 0.343 e. The van der Waals surface area contributed by atoms with Gasteiger partial charge in [0.05, 0.1) is 18.4 Å². The van der Waals surface area contributed by atoms with Crippen LogP contribution in [0.2, 0.25) is 0 Å². The molecule has 0 aliphatic rings. The van der Waals surface area contributed by atoms with Gasteiger partial charge in [0.15, 0.2) is 6.61 Å².